The van der Waals surface area contributed by atoms with Gasteiger partial charge in [-0.1, -0.05) is 143 Å². The molecule has 0 amide bonds. The Labute approximate surface area is 318 Å². The zero-order valence-corrected chi connectivity index (χ0v) is 33.2. The fraction of sp³-hybridized carbons (Fsp3) is 0.280. The Morgan fingerprint density at radius 1 is 0.868 bits per heavy atom. The third-order valence-electron chi connectivity index (χ3n) is 11.6. The lowest BCUT2D eigenvalue weighted by atomic mass is 9.58. The maximum absolute atomic E-state index is 4.74. The van der Waals surface area contributed by atoms with Gasteiger partial charge in [0.2, 0.25) is 0 Å². The minimum absolute atomic E-state index is 0.0879. The van der Waals surface area contributed by atoms with E-state index in [1.54, 1.807) is 0 Å². The highest BCUT2D eigenvalue weighted by molar-refractivity contribution is 6.57. The minimum Gasteiger partial charge on any atom is -0.354 e. The number of fused-ring (bicyclic) bond motifs is 4. The van der Waals surface area contributed by atoms with E-state index in [1.807, 2.05) is 0 Å². The van der Waals surface area contributed by atoms with Gasteiger partial charge in [-0.3, -0.25) is 0 Å². The van der Waals surface area contributed by atoms with Crippen molar-refractivity contribution in [2.75, 3.05) is 4.90 Å². The number of allylic oxidation sites excluding steroid dienone is 9. The molecule has 0 bridgehead atoms. The molecular weight excluding hydrogens is 639 g/mol. The molecule has 1 aromatic heterocycles. The second kappa shape index (κ2) is 14.1. The molecule has 0 radical (unpaired) electrons. The van der Waals surface area contributed by atoms with Crippen LogP contribution in [0.25, 0.3) is 27.4 Å². The molecule has 3 heteroatoms. The van der Waals surface area contributed by atoms with E-state index in [0.717, 1.165) is 37.7 Å². The van der Waals surface area contributed by atoms with E-state index in [1.165, 1.54) is 89.6 Å². The van der Waals surface area contributed by atoms with Crippen LogP contribution in [0.15, 0.2) is 150 Å². The second-order valence-corrected chi connectivity index (χ2v) is 17.4. The zero-order chi connectivity index (χ0) is 37.7. The van der Waals surface area contributed by atoms with E-state index in [4.69, 9.17) is 6.58 Å². The molecule has 0 saturated heterocycles. The first-order chi connectivity index (χ1) is 25.2. The predicted molar refractivity (Wildman–Crippen MR) is 233 cm³/mol. The van der Waals surface area contributed by atoms with E-state index in [-0.39, 0.29) is 5.41 Å². The first-order valence-corrected chi connectivity index (χ1v) is 19.3. The van der Waals surface area contributed by atoms with E-state index in [2.05, 4.69) is 175 Å². The van der Waals surface area contributed by atoms with Crippen LogP contribution >= 0.6 is 0 Å². The molecule has 268 valence electrons. The standard InChI is InChI=1S/C50H55BN2/c1-32(22-23-37-17-15-20-42-41-19-13-14-21-45(41)52-48(37)42)28-47-35(4)51-44(31-43-33(2)29-38-16-11-12-18-40(38)43)36(5)53(47)46-25-24-39(30-34(46)3)50(9,10)27-26-49(6,7)8/h11-22,24-25,28,30-31,51-52H,2,4,23,26-27,29H2,1,3,5-10H3/b32-22-,43-31+,47-28+. The van der Waals surface area contributed by atoms with E-state index in [9.17, 15) is 0 Å². The molecule has 0 spiro atoms. The highest BCUT2D eigenvalue weighted by Crippen LogP contribution is 2.42. The highest BCUT2D eigenvalue weighted by atomic mass is 15.2. The average molecular weight is 695 g/mol. The third kappa shape index (κ3) is 7.32. The van der Waals surface area contributed by atoms with Gasteiger partial charge in [0.1, 0.15) is 0 Å². The van der Waals surface area contributed by atoms with Gasteiger partial charge in [-0.15, -0.1) is 6.58 Å². The average Bonchev–Trinajstić information content (AvgIpc) is 3.66. The highest BCUT2D eigenvalue weighted by Gasteiger charge is 2.30. The summed E-state index contributed by atoms with van der Waals surface area (Å²) in [4.78, 5) is 6.16. The molecule has 1 aliphatic carbocycles. The number of nitrogens with zero attached hydrogens (tertiary/aromatic N) is 1. The van der Waals surface area contributed by atoms with Crippen LogP contribution in [-0.4, -0.2) is 12.3 Å². The molecule has 1 aliphatic heterocycles. The SMILES string of the molecule is C=C1Cc2ccccc2/C1=C/C1=C(C)N(c2ccc(C(C)(C)CCC(C)(C)C)cc2C)/C(=C/C(C)=C\Cc2cccc3c2[nH]c2ccccc23)C(=C)B1. The minimum atomic E-state index is 0.0879. The number of benzene rings is 4. The number of aromatic nitrogens is 1. The van der Waals surface area contributed by atoms with Crippen LogP contribution in [0.2, 0.25) is 0 Å². The summed E-state index contributed by atoms with van der Waals surface area (Å²) in [5, 5.41) is 2.56. The molecule has 0 unspecified atom stereocenters. The quantitative estimate of drug-likeness (QED) is 0.160. The fourth-order valence-electron chi connectivity index (χ4n) is 8.18. The molecule has 5 aromatic rings. The number of hydrogen-bond acceptors (Lipinski definition) is 1. The number of anilines is 1. The number of aryl methyl sites for hydroxylation is 1. The maximum Gasteiger partial charge on any atom is 0.196 e. The van der Waals surface area contributed by atoms with Crippen molar-refractivity contribution < 1.29 is 0 Å². The van der Waals surface area contributed by atoms with Crippen molar-refractivity contribution in [3.63, 3.8) is 0 Å². The Morgan fingerprint density at radius 2 is 1.60 bits per heavy atom. The fourth-order valence-corrected chi connectivity index (χ4v) is 8.18. The van der Waals surface area contributed by atoms with Crippen molar-refractivity contribution in [1.82, 2.24) is 4.98 Å². The Balaban J connectivity index is 1.29. The number of rotatable bonds is 8. The molecule has 0 atom stereocenters. The maximum atomic E-state index is 4.74. The van der Waals surface area contributed by atoms with Gasteiger partial charge in [-0.2, -0.15) is 0 Å². The summed E-state index contributed by atoms with van der Waals surface area (Å²) in [5.41, 5.74) is 19.2. The molecule has 2 heterocycles. The molecule has 2 aliphatic rings. The lowest BCUT2D eigenvalue weighted by Gasteiger charge is -2.37. The van der Waals surface area contributed by atoms with Crippen molar-refractivity contribution in [2.24, 2.45) is 5.41 Å². The van der Waals surface area contributed by atoms with Gasteiger partial charge in [-0.05, 0) is 114 Å². The zero-order valence-electron chi connectivity index (χ0n) is 33.2. The Bertz CT molecular complexity index is 2400. The first kappa shape index (κ1) is 36.3. The molecule has 0 saturated carbocycles. The van der Waals surface area contributed by atoms with Crippen LogP contribution in [0, 0.1) is 12.3 Å². The molecular formula is C50H55BN2. The van der Waals surface area contributed by atoms with Crippen molar-refractivity contribution in [2.45, 2.75) is 86.5 Å². The van der Waals surface area contributed by atoms with Crippen LogP contribution in [0.3, 0.4) is 0 Å². The second-order valence-electron chi connectivity index (χ2n) is 17.4. The predicted octanol–water partition coefficient (Wildman–Crippen LogP) is 13.0. The number of para-hydroxylation sites is 2. The molecule has 7 rings (SSSR count). The largest absolute Gasteiger partial charge is 0.354 e. The van der Waals surface area contributed by atoms with Crippen molar-refractivity contribution in [1.29, 1.82) is 0 Å². The summed E-state index contributed by atoms with van der Waals surface area (Å²) in [6.45, 7) is 27.8. The van der Waals surface area contributed by atoms with Gasteiger partial charge in [0.25, 0.3) is 0 Å². The molecule has 1 N–H and O–H groups in total. The van der Waals surface area contributed by atoms with Crippen LogP contribution < -0.4 is 4.90 Å². The van der Waals surface area contributed by atoms with Gasteiger partial charge in [0.05, 0.1) is 5.52 Å². The van der Waals surface area contributed by atoms with Gasteiger partial charge in [-0.25, -0.2) is 0 Å². The number of aromatic amines is 1. The van der Waals surface area contributed by atoms with Crippen LogP contribution in [0.5, 0.6) is 0 Å². The lowest BCUT2D eigenvalue weighted by molar-refractivity contribution is 0.315. The van der Waals surface area contributed by atoms with E-state index >= 15 is 0 Å². The van der Waals surface area contributed by atoms with Crippen LogP contribution in [0.1, 0.15) is 89.1 Å². The van der Waals surface area contributed by atoms with Crippen molar-refractivity contribution in [3.8, 4) is 0 Å². The molecule has 2 nitrogen and oxygen atoms in total. The summed E-state index contributed by atoms with van der Waals surface area (Å²) >= 11 is 0. The van der Waals surface area contributed by atoms with Crippen LogP contribution in [-0.2, 0) is 18.3 Å². The Morgan fingerprint density at radius 3 is 2.38 bits per heavy atom. The monoisotopic (exact) mass is 694 g/mol. The third-order valence-corrected chi connectivity index (χ3v) is 11.6. The van der Waals surface area contributed by atoms with E-state index in [0.29, 0.717) is 5.41 Å². The summed E-state index contributed by atoms with van der Waals surface area (Å²) in [5.74, 6) is 0. The number of hydrogen-bond donors (Lipinski definition) is 1. The van der Waals surface area contributed by atoms with Crippen LogP contribution in [0.4, 0.5) is 5.69 Å². The normalized spacial score (nSPS) is 17.1. The summed E-state index contributed by atoms with van der Waals surface area (Å²) < 4.78 is 0. The number of H-pyrrole nitrogens is 1. The molecule has 53 heavy (non-hydrogen) atoms. The van der Waals surface area contributed by atoms with Gasteiger partial charge in [0, 0.05) is 33.4 Å². The van der Waals surface area contributed by atoms with Crippen molar-refractivity contribution >= 4 is 40.3 Å². The van der Waals surface area contributed by atoms with Gasteiger partial charge >= 0.3 is 0 Å². The lowest BCUT2D eigenvalue weighted by Crippen LogP contribution is -2.31. The van der Waals surface area contributed by atoms with Crippen molar-refractivity contribution in [3.05, 3.63) is 178 Å². The smallest absolute Gasteiger partial charge is 0.196 e. The Hall–Kier alpha value is -5.02. The molecule has 4 aromatic carbocycles. The first-order valence-electron chi connectivity index (χ1n) is 19.3. The summed E-state index contributed by atoms with van der Waals surface area (Å²) in [7, 11) is 0.797. The topological polar surface area (TPSA) is 19.0 Å². The van der Waals surface area contributed by atoms with Gasteiger partial charge in [0.15, 0.2) is 7.28 Å². The summed E-state index contributed by atoms with van der Waals surface area (Å²) in [6.07, 6.45) is 11.2. The van der Waals surface area contributed by atoms with Gasteiger partial charge < -0.3 is 9.88 Å². The number of nitrogens with one attached hydrogen (secondary N) is 1. The molecule has 0 fully saturated rings. The summed E-state index contributed by atoms with van der Waals surface area (Å²) in [6, 6.07) is 31.1. The van der Waals surface area contributed by atoms with E-state index < -0.39 is 0 Å². The Kier molecular flexibility index (Phi) is 9.66.